The summed E-state index contributed by atoms with van der Waals surface area (Å²) in [6.45, 7) is 4.32. The SMILES string of the molecule is COCC1(C(=O)O)CCCN(C(=O)Cc2csc(NC(=O)C(C)C)n2)C1. The lowest BCUT2D eigenvalue weighted by Crippen LogP contribution is -2.52. The predicted octanol–water partition coefficient (Wildman–Crippen LogP) is 1.62. The molecule has 0 aliphatic carbocycles. The van der Waals surface area contributed by atoms with Gasteiger partial charge in [0.25, 0.3) is 0 Å². The van der Waals surface area contributed by atoms with Gasteiger partial charge in [0.15, 0.2) is 5.13 Å². The van der Waals surface area contributed by atoms with Crippen LogP contribution in [-0.2, 0) is 25.5 Å². The molecule has 2 rings (SSSR count). The van der Waals surface area contributed by atoms with Crippen molar-refractivity contribution in [2.45, 2.75) is 33.1 Å². The lowest BCUT2D eigenvalue weighted by Gasteiger charge is -2.39. The third kappa shape index (κ3) is 4.79. The van der Waals surface area contributed by atoms with Crippen molar-refractivity contribution in [1.82, 2.24) is 9.88 Å². The molecule has 1 unspecified atom stereocenters. The van der Waals surface area contributed by atoms with Crippen LogP contribution in [0, 0.1) is 11.3 Å². The molecule has 0 bridgehead atoms. The molecule has 1 aliphatic heterocycles. The third-order valence-corrected chi connectivity index (χ3v) is 5.25. The van der Waals surface area contributed by atoms with Gasteiger partial charge in [0.2, 0.25) is 11.8 Å². The summed E-state index contributed by atoms with van der Waals surface area (Å²) in [6, 6.07) is 0. The summed E-state index contributed by atoms with van der Waals surface area (Å²) in [6.07, 6.45) is 1.19. The Kier molecular flexibility index (Phi) is 6.71. The van der Waals surface area contributed by atoms with Gasteiger partial charge in [-0.25, -0.2) is 4.98 Å². The number of hydrogen-bond donors (Lipinski definition) is 2. The summed E-state index contributed by atoms with van der Waals surface area (Å²) in [4.78, 5) is 41.8. The first-order valence-electron chi connectivity index (χ1n) is 8.53. The van der Waals surface area contributed by atoms with Crippen LogP contribution >= 0.6 is 11.3 Å². The number of carboxylic acid groups (broad SMARTS) is 1. The van der Waals surface area contributed by atoms with Gasteiger partial charge >= 0.3 is 5.97 Å². The van der Waals surface area contributed by atoms with Crippen LogP contribution in [0.5, 0.6) is 0 Å². The Morgan fingerprint density at radius 1 is 1.46 bits per heavy atom. The fourth-order valence-corrected chi connectivity index (χ4v) is 3.65. The number of carbonyl (C=O) groups is 3. The summed E-state index contributed by atoms with van der Waals surface area (Å²) in [5, 5.41) is 14.5. The number of ether oxygens (including phenoxy) is 1. The molecular formula is C17H25N3O5S. The molecule has 9 heteroatoms. The van der Waals surface area contributed by atoms with E-state index in [2.05, 4.69) is 10.3 Å². The maximum Gasteiger partial charge on any atom is 0.313 e. The minimum absolute atomic E-state index is 0.0776. The predicted molar refractivity (Wildman–Crippen MR) is 97.0 cm³/mol. The van der Waals surface area contributed by atoms with Crippen LogP contribution in [0.1, 0.15) is 32.4 Å². The Bertz CT molecular complexity index is 671. The molecule has 8 nitrogen and oxygen atoms in total. The normalized spacial score (nSPS) is 20.2. The minimum atomic E-state index is -1.05. The minimum Gasteiger partial charge on any atom is -0.481 e. The largest absolute Gasteiger partial charge is 0.481 e. The topological polar surface area (TPSA) is 109 Å². The molecule has 1 aromatic rings. The number of amides is 2. The van der Waals surface area contributed by atoms with Gasteiger partial charge in [0, 0.05) is 31.5 Å². The molecule has 0 radical (unpaired) electrons. The number of piperidine rings is 1. The van der Waals surface area contributed by atoms with Crippen LogP contribution in [0.3, 0.4) is 0 Å². The molecule has 1 aromatic heterocycles. The Morgan fingerprint density at radius 2 is 2.19 bits per heavy atom. The number of hydrogen-bond acceptors (Lipinski definition) is 6. The van der Waals surface area contributed by atoms with E-state index in [4.69, 9.17) is 4.74 Å². The zero-order valence-corrected chi connectivity index (χ0v) is 16.1. The zero-order chi connectivity index (χ0) is 19.3. The maximum atomic E-state index is 12.6. The van der Waals surface area contributed by atoms with Gasteiger partial charge in [-0.2, -0.15) is 0 Å². The monoisotopic (exact) mass is 383 g/mol. The Balaban J connectivity index is 2.00. The number of likely N-dealkylation sites (tertiary alicyclic amines) is 1. The molecule has 1 atom stereocenters. The fourth-order valence-electron chi connectivity index (χ4n) is 2.94. The van der Waals surface area contributed by atoms with Gasteiger partial charge in [-0.1, -0.05) is 13.8 Å². The number of aliphatic carboxylic acids is 1. The number of methoxy groups -OCH3 is 1. The summed E-state index contributed by atoms with van der Waals surface area (Å²) in [5.41, 5.74) is -0.487. The second kappa shape index (κ2) is 8.59. The highest BCUT2D eigenvalue weighted by atomic mass is 32.1. The summed E-state index contributed by atoms with van der Waals surface area (Å²) in [5.74, 6) is -1.39. The molecule has 1 saturated heterocycles. The average Bonchev–Trinajstić information content (AvgIpc) is 3.02. The molecule has 1 aliphatic rings. The molecule has 0 aromatic carbocycles. The van der Waals surface area contributed by atoms with Crippen LogP contribution in [0.15, 0.2) is 5.38 Å². The zero-order valence-electron chi connectivity index (χ0n) is 15.3. The van der Waals surface area contributed by atoms with Crippen LogP contribution < -0.4 is 5.32 Å². The second-order valence-electron chi connectivity index (χ2n) is 6.90. The molecule has 26 heavy (non-hydrogen) atoms. The number of rotatable bonds is 7. The van der Waals surface area contributed by atoms with Crippen LogP contribution in [0.2, 0.25) is 0 Å². The van der Waals surface area contributed by atoms with E-state index in [1.165, 1.54) is 18.4 Å². The number of nitrogens with zero attached hydrogens (tertiary/aromatic N) is 2. The van der Waals surface area contributed by atoms with Crippen molar-refractivity contribution in [1.29, 1.82) is 0 Å². The number of thiazole rings is 1. The van der Waals surface area contributed by atoms with E-state index in [1.807, 2.05) is 0 Å². The number of carboxylic acids is 1. The van der Waals surface area contributed by atoms with E-state index in [0.717, 1.165) is 0 Å². The molecule has 2 heterocycles. The fraction of sp³-hybridized carbons (Fsp3) is 0.647. The third-order valence-electron chi connectivity index (χ3n) is 4.44. The molecule has 1 fully saturated rings. The first-order valence-corrected chi connectivity index (χ1v) is 9.41. The van der Waals surface area contributed by atoms with Crippen LogP contribution in [-0.4, -0.2) is 59.6 Å². The van der Waals surface area contributed by atoms with Crippen LogP contribution in [0.4, 0.5) is 5.13 Å². The Morgan fingerprint density at radius 3 is 2.81 bits per heavy atom. The van der Waals surface area contributed by atoms with Gasteiger partial charge in [0.1, 0.15) is 5.41 Å². The van der Waals surface area contributed by atoms with E-state index >= 15 is 0 Å². The van der Waals surface area contributed by atoms with Crippen LogP contribution in [0.25, 0.3) is 0 Å². The highest BCUT2D eigenvalue weighted by Crippen LogP contribution is 2.31. The molecular weight excluding hydrogens is 358 g/mol. The highest BCUT2D eigenvalue weighted by molar-refractivity contribution is 7.13. The van der Waals surface area contributed by atoms with Crippen molar-refractivity contribution in [3.63, 3.8) is 0 Å². The van der Waals surface area contributed by atoms with Gasteiger partial charge in [0.05, 0.1) is 18.7 Å². The van der Waals surface area contributed by atoms with Crippen molar-refractivity contribution in [2.75, 3.05) is 32.1 Å². The van der Waals surface area contributed by atoms with Crippen molar-refractivity contribution in [3.05, 3.63) is 11.1 Å². The highest BCUT2D eigenvalue weighted by Gasteiger charge is 2.43. The standard InChI is InChI=1S/C17H25N3O5S/c1-11(2)14(22)19-16-18-12(8-26-16)7-13(21)20-6-4-5-17(9-20,10-25-3)15(23)24/h8,11H,4-7,9-10H2,1-3H3,(H,23,24)(H,18,19,22). The molecule has 0 spiro atoms. The first-order chi connectivity index (χ1) is 12.3. The smallest absolute Gasteiger partial charge is 0.313 e. The van der Waals surface area contributed by atoms with Gasteiger partial charge in [-0.05, 0) is 12.8 Å². The van der Waals surface area contributed by atoms with E-state index in [0.29, 0.717) is 30.2 Å². The summed E-state index contributed by atoms with van der Waals surface area (Å²) in [7, 11) is 1.47. The van der Waals surface area contributed by atoms with Gasteiger partial charge in [-0.15, -0.1) is 11.3 Å². The van der Waals surface area contributed by atoms with Crippen molar-refractivity contribution < 1.29 is 24.2 Å². The Labute approximate surface area is 156 Å². The number of aromatic nitrogens is 1. The van der Waals surface area contributed by atoms with Crippen molar-refractivity contribution in [2.24, 2.45) is 11.3 Å². The second-order valence-corrected chi connectivity index (χ2v) is 7.76. The number of nitrogens with one attached hydrogen (secondary N) is 1. The van der Waals surface area contributed by atoms with E-state index in [-0.39, 0.29) is 37.3 Å². The van der Waals surface area contributed by atoms with E-state index in [1.54, 1.807) is 24.1 Å². The molecule has 2 amide bonds. The average molecular weight is 383 g/mol. The maximum absolute atomic E-state index is 12.6. The summed E-state index contributed by atoms with van der Waals surface area (Å²) >= 11 is 1.27. The van der Waals surface area contributed by atoms with Crippen molar-refractivity contribution >= 4 is 34.3 Å². The lowest BCUT2D eigenvalue weighted by atomic mass is 9.80. The summed E-state index contributed by atoms with van der Waals surface area (Å²) < 4.78 is 5.08. The van der Waals surface area contributed by atoms with Crippen molar-refractivity contribution in [3.8, 4) is 0 Å². The first kappa shape index (κ1) is 20.3. The quantitative estimate of drug-likeness (QED) is 0.741. The molecule has 2 N–H and O–H groups in total. The van der Waals surface area contributed by atoms with Gasteiger partial charge < -0.3 is 20.1 Å². The van der Waals surface area contributed by atoms with E-state index in [9.17, 15) is 19.5 Å². The lowest BCUT2D eigenvalue weighted by molar-refractivity contribution is -0.159. The van der Waals surface area contributed by atoms with Gasteiger partial charge in [-0.3, -0.25) is 14.4 Å². The Hall–Kier alpha value is -2.00. The number of anilines is 1. The number of carbonyl (C=O) groups excluding carboxylic acids is 2. The molecule has 0 saturated carbocycles. The van der Waals surface area contributed by atoms with E-state index < -0.39 is 11.4 Å². The molecule has 144 valence electrons.